The summed E-state index contributed by atoms with van der Waals surface area (Å²) >= 11 is 0. The minimum Gasteiger partial charge on any atom is -0.491 e. The van der Waals surface area contributed by atoms with E-state index in [0.29, 0.717) is 11.6 Å². The van der Waals surface area contributed by atoms with Gasteiger partial charge < -0.3 is 10.1 Å². The largest absolute Gasteiger partial charge is 0.491 e. The van der Waals surface area contributed by atoms with Crippen molar-refractivity contribution in [3.05, 3.63) is 30.6 Å². The fourth-order valence-electron chi connectivity index (χ4n) is 2.20. The number of nitrogens with one attached hydrogen (secondary N) is 1. The molecule has 5 nitrogen and oxygen atoms in total. The van der Waals surface area contributed by atoms with Gasteiger partial charge in [-0.1, -0.05) is 12.5 Å². The Hall–Kier alpha value is -2.17. The van der Waals surface area contributed by atoms with Gasteiger partial charge in [0.15, 0.2) is 17.4 Å². The molecule has 2 aromatic heterocycles. The zero-order valence-electron chi connectivity index (χ0n) is 11.5. The summed E-state index contributed by atoms with van der Waals surface area (Å²) in [6, 6.07) is 5.71. The van der Waals surface area contributed by atoms with Gasteiger partial charge in [0, 0.05) is 12.7 Å². The molecule has 2 heterocycles. The van der Waals surface area contributed by atoms with Crippen LogP contribution in [-0.4, -0.2) is 28.6 Å². The van der Waals surface area contributed by atoms with E-state index in [1.165, 1.54) is 19.3 Å². The number of hydrogen-bond acceptors (Lipinski definition) is 5. The van der Waals surface area contributed by atoms with Crippen LogP contribution >= 0.6 is 0 Å². The van der Waals surface area contributed by atoms with Crippen LogP contribution in [0, 0.1) is 5.92 Å². The van der Waals surface area contributed by atoms with E-state index >= 15 is 0 Å². The minimum absolute atomic E-state index is 0.613. The van der Waals surface area contributed by atoms with Crippen LogP contribution in [0.15, 0.2) is 30.6 Å². The molecule has 1 N–H and O–H groups in total. The lowest BCUT2D eigenvalue weighted by molar-refractivity contribution is 0.332. The Kier molecular flexibility index (Phi) is 3.76. The fraction of sp³-hybridized carbons (Fsp3) is 0.400. The quantitative estimate of drug-likeness (QED) is 0.905. The Balaban J connectivity index is 1.82. The van der Waals surface area contributed by atoms with E-state index in [4.69, 9.17) is 4.74 Å². The first kappa shape index (κ1) is 12.8. The Labute approximate surface area is 118 Å². The van der Waals surface area contributed by atoms with Gasteiger partial charge in [-0.25, -0.2) is 9.97 Å². The third-order valence-electron chi connectivity index (χ3n) is 3.65. The van der Waals surface area contributed by atoms with Gasteiger partial charge in [-0.3, -0.25) is 4.98 Å². The molecule has 5 heteroatoms. The third-order valence-corrected chi connectivity index (χ3v) is 3.65. The second-order valence-electron chi connectivity index (χ2n) is 5.00. The molecule has 20 heavy (non-hydrogen) atoms. The normalized spacial score (nSPS) is 14.7. The van der Waals surface area contributed by atoms with Crippen LogP contribution in [0.2, 0.25) is 0 Å². The molecule has 0 spiro atoms. The summed E-state index contributed by atoms with van der Waals surface area (Å²) in [4.78, 5) is 13.1. The molecule has 3 rings (SSSR count). The van der Waals surface area contributed by atoms with Crippen molar-refractivity contribution in [2.75, 3.05) is 19.0 Å². The zero-order chi connectivity index (χ0) is 13.8. The van der Waals surface area contributed by atoms with Crippen LogP contribution in [0.25, 0.3) is 11.5 Å². The van der Waals surface area contributed by atoms with E-state index < -0.39 is 0 Å². The van der Waals surface area contributed by atoms with E-state index in [1.807, 2.05) is 18.2 Å². The van der Waals surface area contributed by atoms with Crippen LogP contribution in [0.3, 0.4) is 0 Å². The molecule has 0 unspecified atom stereocenters. The molecule has 0 amide bonds. The molecule has 0 atom stereocenters. The lowest BCUT2D eigenvalue weighted by Crippen LogP contribution is -2.21. The van der Waals surface area contributed by atoms with Gasteiger partial charge in [0.25, 0.3) is 0 Å². The smallest absolute Gasteiger partial charge is 0.180 e. The number of nitrogens with zero attached hydrogens (tertiary/aromatic N) is 3. The first-order valence-electron chi connectivity index (χ1n) is 6.93. The molecule has 0 bridgehead atoms. The van der Waals surface area contributed by atoms with Crippen LogP contribution < -0.4 is 10.1 Å². The SMILES string of the molecule is COc1cnc(-c2ccccn2)nc1NCC1CCC1. The number of ether oxygens (including phenoxy) is 1. The van der Waals surface area contributed by atoms with Crippen molar-refractivity contribution >= 4 is 5.82 Å². The van der Waals surface area contributed by atoms with Crippen LogP contribution in [-0.2, 0) is 0 Å². The highest BCUT2D eigenvalue weighted by atomic mass is 16.5. The second-order valence-corrected chi connectivity index (χ2v) is 5.00. The summed E-state index contributed by atoms with van der Waals surface area (Å²) in [6.07, 6.45) is 7.37. The van der Waals surface area contributed by atoms with Gasteiger partial charge in [0.1, 0.15) is 5.69 Å². The lowest BCUT2D eigenvalue weighted by Gasteiger charge is -2.25. The van der Waals surface area contributed by atoms with Gasteiger partial charge in [0.2, 0.25) is 0 Å². The molecule has 2 aromatic rings. The topological polar surface area (TPSA) is 59.9 Å². The van der Waals surface area contributed by atoms with Gasteiger partial charge in [-0.15, -0.1) is 0 Å². The molecule has 1 aliphatic rings. The Morgan fingerprint density at radius 2 is 2.20 bits per heavy atom. The summed E-state index contributed by atoms with van der Waals surface area (Å²) in [5.41, 5.74) is 0.766. The monoisotopic (exact) mass is 270 g/mol. The highest BCUT2D eigenvalue weighted by molar-refractivity contribution is 5.57. The third kappa shape index (κ3) is 2.71. The summed E-state index contributed by atoms with van der Waals surface area (Å²) in [7, 11) is 1.63. The molecule has 0 aliphatic heterocycles. The Bertz CT molecular complexity index is 569. The van der Waals surface area contributed by atoms with Crippen molar-refractivity contribution in [1.82, 2.24) is 15.0 Å². The van der Waals surface area contributed by atoms with Crippen molar-refractivity contribution in [3.63, 3.8) is 0 Å². The van der Waals surface area contributed by atoms with E-state index in [2.05, 4.69) is 20.3 Å². The van der Waals surface area contributed by atoms with Crippen molar-refractivity contribution in [2.24, 2.45) is 5.92 Å². The number of aromatic nitrogens is 3. The highest BCUT2D eigenvalue weighted by Gasteiger charge is 2.18. The molecule has 1 aliphatic carbocycles. The average Bonchev–Trinajstić information content (AvgIpc) is 2.46. The van der Waals surface area contributed by atoms with Crippen molar-refractivity contribution in [2.45, 2.75) is 19.3 Å². The molecule has 0 aromatic carbocycles. The molecule has 1 fully saturated rings. The van der Waals surface area contributed by atoms with Crippen LogP contribution in [0.1, 0.15) is 19.3 Å². The van der Waals surface area contributed by atoms with Crippen molar-refractivity contribution in [3.8, 4) is 17.3 Å². The van der Waals surface area contributed by atoms with E-state index in [1.54, 1.807) is 19.5 Å². The highest BCUT2D eigenvalue weighted by Crippen LogP contribution is 2.28. The number of hydrogen-bond donors (Lipinski definition) is 1. The van der Waals surface area contributed by atoms with Gasteiger partial charge in [0.05, 0.1) is 13.3 Å². The number of methoxy groups -OCH3 is 1. The lowest BCUT2D eigenvalue weighted by atomic mass is 9.85. The maximum atomic E-state index is 5.31. The number of pyridine rings is 1. The number of anilines is 1. The van der Waals surface area contributed by atoms with Gasteiger partial charge in [-0.2, -0.15) is 0 Å². The van der Waals surface area contributed by atoms with E-state index in [-0.39, 0.29) is 0 Å². The molecule has 1 saturated carbocycles. The summed E-state index contributed by atoms with van der Waals surface area (Å²) in [5, 5.41) is 3.37. The summed E-state index contributed by atoms with van der Waals surface area (Å²) in [6.45, 7) is 0.940. The molecule has 0 radical (unpaired) electrons. The first-order valence-corrected chi connectivity index (χ1v) is 6.93. The van der Waals surface area contributed by atoms with Gasteiger partial charge in [-0.05, 0) is 30.9 Å². The Morgan fingerprint density at radius 1 is 1.30 bits per heavy atom. The minimum atomic E-state index is 0.613. The molecule has 0 saturated heterocycles. The predicted molar refractivity (Wildman–Crippen MR) is 77.6 cm³/mol. The van der Waals surface area contributed by atoms with Crippen molar-refractivity contribution in [1.29, 1.82) is 0 Å². The maximum Gasteiger partial charge on any atom is 0.180 e. The standard InChI is InChI=1S/C15H18N4O/c1-20-13-10-18-14(12-7-2-3-8-16-12)19-15(13)17-9-11-5-4-6-11/h2-3,7-8,10-11H,4-6,9H2,1H3,(H,17,18,19). The summed E-state index contributed by atoms with van der Waals surface area (Å²) in [5.74, 6) is 2.79. The van der Waals surface area contributed by atoms with E-state index in [9.17, 15) is 0 Å². The van der Waals surface area contributed by atoms with Crippen LogP contribution in [0.5, 0.6) is 5.75 Å². The Morgan fingerprint density at radius 3 is 2.85 bits per heavy atom. The van der Waals surface area contributed by atoms with Crippen molar-refractivity contribution < 1.29 is 4.74 Å². The summed E-state index contributed by atoms with van der Waals surface area (Å²) < 4.78 is 5.31. The molecular formula is C15H18N4O. The number of rotatable bonds is 5. The van der Waals surface area contributed by atoms with Gasteiger partial charge >= 0.3 is 0 Å². The molecular weight excluding hydrogens is 252 g/mol. The van der Waals surface area contributed by atoms with E-state index in [0.717, 1.165) is 24.0 Å². The second kappa shape index (κ2) is 5.86. The first-order chi connectivity index (χ1) is 9.86. The fourth-order valence-corrected chi connectivity index (χ4v) is 2.20. The average molecular weight is 270 g/mol. The predicted octanol–water partition coefficient (Wildman–Crippen LogP) is 2.76. The molecule has 104 valence electrons. The maximum absolute atomic E-state index is 5.31. The zero-order valence-corrected chi connectivity index (χ0v) is 11.5. The van der Waals surface area contributed by atoms with Crippen LogP contribution in [0.4, 0.5) is 5.82 Å².